The van der Waals surface area contributed by atoms with Crippen LogP contribution in [0.4, 0.5) is 8.78 Å². The van der Waals surface area contributed by atoms with Gasteiger partial charge in [0.15, 0.2) is 11.5 Å². The highest BCUT2D eigenvalue weighted by atomic mass is 35.5. The van der Waals surface area contributed by atoms with Crippen molar-refractivity contribution >= 4 is 23.6 Å². The molecule has 2 aromatic carbocycles. The highest BCUT2D eigenvalue weighted by Gasteiger charge is 2.23. The van der Waals surface area contributed by atoms with Gasteiger partial charge in [-0.25, -0.2) is 0 Å². The molecule has 6 nitrogen and oxygen atoms in total. The number of morpholine rings is 1. The maximum absolute atomic E-state index is 12.8. The Balaban J connectivity index is 1.70. The van der Waals surface area contributed by atoms with Crippen LogP contribution in [0.2, 0.25) is 5.02 Å². The van der Waals surface area contributed by atoms with E-state index in [0.29, 0.717) is 30.3 Å². The maximum atomic E-state index is 12.8. The van der Waals surface area contributed by atoms with Crippen molar-refractivity contribution in [3.05, 3.63) is 64.7 Å². The summed E-state index contributed by atoms with van der Waals surface area (Å²) in [7, 11) is 1.36. The fourth-order valence-corrected chi connectivity index (χ4v) is 3.62. The molecule has 0 aliphatic carbocycles. The van der Waals surface area contributed by atoms with E-state index in [4.69, 9.17) is 21.1 Å². The Hall–Kier alpha value is -2.68. The molecule has 1 fully saturated rings. The van der Waals surface area contributed by atoms with Crippen molar-refractivity contribution in [2.24, 2.45) is 0 Å². The molecule has 0 bridgehead atoms. The summed E-state index contributed by atoms with van der Waals surface area (Å²) in [5.74, 6) is -0.326. The van der Waals surface area contributed by atoms with Gasteiger partial charge in [-0.3, -0.25) is 9.69 Å². The number of halogens is 3. The number of benzene rings is 2. The summed E-state index contributed by atoms with van der Waals surface area (Å²) >= 11 is 6.02. The van der Waals surface area contributed by atoms with Crippen molar-refractivity contribution < 1.29 is 27.8 Å². The van der Waals surface area contributed by atoms with Crippen LogP contribution in [0.25, 0.3) is 6.08 Å². The lowest BCUT2D eigenvalue weighted by Gasteiger charge is -2.34. The van der Waals surface area contributed by atoms with Gasteiger partial charge in [-0.15, -0.1) is 0 Å². The van der Waals surface area contributed by atoms with Crippen LogP contribution in [0.5, 0.6) is 11.5 Å². The van der Waals surface area contributed by atoms with Crippen LogP contribution >= 0.6 is 11.6 Å². The minimum Gasteiger partial charge on any atom is -0.493 e. The SMILES string of the molecule is COc1cccc(/C=C\C(=O)NC[C@H](c2ccc(Cl)cc2)N2CCOCC2)c1OC(F)F. The van der Waals surface area contributed by atoms with E-state index in [1.54, 1.807) is 12.1 Å². The van der Waals surface area contributed by atoms with E-state index in [9.17, 15) is 13.6 Å². The Morgan fingerprint density at radius 3 is 2.59 bits per heavy atom. The third kappa shape index (κ3) is 6.66. The first kappa shape index (κ1) is 24.0. The van der Waals surface area contributed by atoms with E-state index < -0.39 is 6.61 Å². The van der Waals surface area contributed by atoms with Gasteiger partial charge in [0.05, 0.1) is 26.4 Å². The second kappa shape index (κ2) is 11.8. The molecule has 1 N–H and O–H groups in total. The molecule has 172 valence electrons. The fraction of sp³-hybridized carbons (Fsp3) is 0.348. The molecule has 9 heteroatoms. The van der Waals surface area contributed by atoms with Crippen molar-refractivity contribution in [1.82, 2.24) is 10.2 Å². The van der Waals surface area contributed by atoms with Crippen LogP contribution in [-0.2, 0) is 9.53 Å². The maximum Gasteiger partial charge on any atom is 0.387 e. The second-order valence-corrected chi connectivity index (χ2v) is 7.49. The molecule has 0 unspecified atom stereocenters. The third-order valence-corrected chi connectivity index (χ3v) is 5.31. The molecule has 1 amide bonds. The van der Waals surface area contributed by atoms with Crippen LogP contribution < -0.4 is 14.8 Å². The summed E-state index contributed by atoms with van der Waals surface area (Å²) in [5, 5.41) is 3.53. The topological polar surface area (TPSA) is 60.0 Å². The standard InChI is InChI=1S/C23H25ClF2N2O4/c1-30-20-4-2-3-17(22(20)32-23(25)26)7-10-21(29)27-15-19(28-11-13-31-14-12-28)16-5-8-18(24)9-6-16/h2-10,19,23H,11-15H2,1H3,(H,27,29)/b10-7-/t19-/m1/s1. The van der Waals surface area contributed by atoms with Gasteiger partial charge in [0.2, 0.25) is 5.91 Å². The number of para-hydroxylation sites is 1. The lowest BCUT2D eigenvalue weighted by Crippen LogP contribution is -2.43. The molecule has 32 heavy (non-hydrogen) atoms. The van der Waals surface area contributed by atoms with Gasteiger partial charge in [0.25, 0.3) is 0 Å². The Bertz CT molecular complexity index is 919. The van der Waals surface area contributed by atoms with E-state index in [0.717, 1.165) is 18.7 Å². The number of hydrogen-bond acceptors (Lipinski definition) is 5. The summed E-state index contributed by atoms with van der Waals surface area (Å²) < 4.78 is 40.7. The second-order valence-electron chi connectivity index (χ2n) is 7.05. The molecule has 0 saturated carbocycles. The average Bonchev–Trinajstić information content (AvgIpc) is 2.80. The van der Waals surface area contributed by atoms with Gasteiger partial charge >= 0.3 is 6.61 Å². The number of carbonyl (C=O) groups excluding carboxylic acids is 1. The quantitative estimate of drug-likeness (QED) is 0.562. The van der Waals surface area contributed by atoms with Crippen LogP contribution in [0.1, 0.15) is 17.2 Å². The predicted molar refractivity (Wildman–Crippen MR) is 118 cm³/mol. The third-order valence-electron chi connectivity index (χ3n) is 5.06. The lowest BCUT2D eigenvalue weighted by atomic mass is 10.0. The van der Waals surface area contributed by atoms with Crippen LogP contribution in [-0.4, -0.2) is 57.4 Å². The number of carbonyl (C=O) groups is 1. The van der Waals surface area contributed by atoms with Gasteiger partial charge in [-0.05, 0) is 29.8 Å². The van der Waals surface area contributed by atoms with Gasteiger partial charge in [-0.2, -0.15) is 8.78 Å². The van der Waals surface area contributed by atoms with Crippen molar-refractivity contribution in [2.45, 2.75) is 12.7 Å². The minimum absolute atomic E-state index is 0.0527. The molecule has 3 rings (SSSR count). The molecule has 0 aromatic heterocycles. The van der Waals surface area contributed by atoms with Crippen molar-refractivity contribution in [2.75, 3.05) is 40.0 Å². The van der Waals surface area contributed by atoms with Gasteiger partial charge in [0, 0.05) is 36.3 Å². The number of nitrogens with zero attached hydrogens (tertiary/aromatic N) is 1. The first-order valence-electron chi connectivity index (χ1n) is 10.1. The molecule has 1 heterocycles. The van der Waals surface area contributed by atoms with E-state index in [1.165, 1.54) is 25.3 Å². The summed E-state index contributed by atoms with van der Waals surface area (Å²) in [4.78, 5) is 14.7. The normalized spacial score (nSPS) is 15.7. The Kier molecular flexibility index (Phi) is 8.84. The van der Waals surface area contributed by atoms with Crippen molar-refractivity contribution in [3.63, 3.8) is 0 Å². The van der Waals surface area contributed by atoms with E-state index in [1.807, 2.05) is 24.3 Å². The van der Waals surface area contributed by atoms with E-state index >= 15 is 0 Å². The summed E-state index contributed by atoms with van der Waals surface area (Å²) in [6, 6.07) is 12.2. The molecule has 1 saturated heterocycles. The highest BCUT2D eigenvalue weighted by molar-refractivity contribution is 6.30. The lowest BCUT2D eigenvalue weighted by molar-refractivity contribution is -0.116. The molecule has 1 aliphatic rings. The highest BCUT2D eigenvalue weighted by Crippen LogP contribution is 2.33. The first-order chi connectivity index (χ1) is 15.5. The van der Waals surface area contributed by atoms with Crippen LogP contribution in [0, 0.1) is 0 Å². The Morgan fingerprint density at radius 2 is 1.94 bits per heavy atom. The zero-order valence-corrected chi connectivity index (χ0v) is 18.4. The van der Waals surface area contributed by atoms with E-state index in [2.05, 4.69) is 15.0 Å². The number of methoxy groups -OCH3 is 1. The number of ether oxygens (including phenoxy) is 3. The van der Waals surface area contributed by atoms with Crippen molar-refractivity contribution in [3.8, 4) is 11.5 Å². The van der Waals surface area contributed by atoms with E-state index in [-0.39, 0.29) is 23.4 Å². The van der Waals surface area contributed by atoms with Crippen LogP contribution in [0.15, 0.2) is 48.5 Å². The fourth-order valence-electron chi connectivity index (χ4n) is 3.49. The van der Waals surface area contributed by atoms with Gasteiger partial charge in [-0.1, -0.05) is 35.9 Å². The molecule has 0 radical (unpaired) electrons. The predicted octanol–water partition coefficient (Wildman–Crippen LogP) is 4.15. The van der Waals surface area contributed by atoms with Gasteiger partial charge < -0.3 is 19.5 Å². The number of amides is 1. The molecule has 1 atom stereocenters. The number of nitrogens with one attached hydrogen (secondary N) is 1. The zero-order valence-electron chi connectivity index (χ0n) is 17.6. The first-order valence-corrected chi connectivity index (χ1v) is 10.5. The monoisotopic (exact) mass is 466 g/mol. The Morgan fingerprint density at radius 1 is 1.22 bits per heavy atom. The van der Waals surface area contributed by atoms with Crippen LogP contribution in [0.3, 0.4) is 0 Å². The minimum atomic E-state index is -3.01. The summed E-state index contributed by atoms with van der Waals surface area (Å²) in [6.07, 6.45) is 2.70. The molecular formula is C23H25ClF2N2O4. The average molecular weight is 467 g/mol. The summed E-state index contributed by atoms with van der Waals surface area (Å²) in [5.41, 5.74) is 1.34. The molecule has 0 spiro atoms. The largest absolute Gasteiger partial charge is 0.493 e. The Labute approximate surface area is 190 Å². The number of rotatable bonds is 9. The molecule has 1 aliphatic heterocycles. The molecule has 2 aromatic rings. The number of alkyl halides is 2. The summed E-state index contributed by atoms with van der Waals surface area (Å²) in [6.45, 7) is 0.0971. The van der Waals surface area contributed by atoms with Gasteiger partial charge in [0.1, 0.15) is 0 Å². The zero-order chi connectivity index (χ0) is 22.9. The van der Waals surface area contributed by atoms with Crippen molar-refractivity contribution in [1.29, 1.82) is 0 Å². The smallest absolute Gasteiger partial charge is 0.387 e. The molecular weight excluding hydrogens is 442 g/mol. The number of hydrogen-bond donors (Lipinski definition) is 1.